The lowest BCUT2D eigenvalue weighted by atomic mass is 10.0. The summed E-state index contributed by atoms with van der Waals surface area (Å²) in [6.45, 7) is 8.02. The second-order valence-corrected chi connectivity index (χ2v) is 10.5. The number of carbonyl (C=O) groups is 1. The second kappa shape index (κ2) is 12.4. The zero-order valence-electron chi connectivity index (χ0n) is 19.9. The van der Waals surface area contributed by atoms with E-state index in [0.717, 1.165) is 38.8 Å². The fourth-order valence-electron chi connectivity index (χ4n) is 4.48. The van der Waals surface area contributed by atoms with Crippen molar-refractivity contribution in [2.45, 2.75) is 50.5 Å². The molecule has 1 aliphatic heterocycles. The van der Waals surface area contributed by atoms with Crippen LogP contribution in [0.25, 0.3) is 0 Å². The van der Waals surface area contributed by atoms with Crippen LogP contribution in [0.5, 0.6) is 0 Å². The van der Waals surface area contributed by atoms with E-state index in [4.69, 9.17) is 0 Å². The molecule has 1 saturated heterocycles. The normalized spacial score (nSPS) is 16.5. The Labute approximate surface area is 199 Å². The minimum absolute atomic E-state index is 0.103. The van der Waals surface area contributed by atoms with Gasteiger partial charge in [0.05, 0.1) is 11.4 Å². The Morgan fingerprint density at radius 2 is 1.64 bits per heavy atom. The molecular weight excluding hydrogens is 434 g/mol. The van der Waals surface area contributed by atoms with Gasteiger partial charge in [-0.25, -0.2) is 8.42 Å². The lowest BCUT2D eigenvalue weighted by molar-refractivity contribution is 0.0986. The van der Waals surface area contributed by atoms with Crippen molar-refractivity contribution in [1.82, 2.24) is 14.5 Å². The van der Waals surface area contributed by atoms with Crippen LogP contribution in [0.15, 0.2) is 59.5 Å². The molecule has 0 amide bonds. The molecule has 6 nitrogen and oxygen atoms in total. The highest BCUT2D eigenvalue weighted by Gasteiger charge is 2.26. The van der Waals surface area contributed by atoms with E-state index in [9.17, 15) is 13.2 Å². The molecule has 2 aromatic rings. The average Bonchev–Trinajstić information content (AvgIpc) is 3.14. The van der Waals surface area contributed by atoms with Crippen molar-refractivity contribution < 1.29 is 13.2 Å². The van der Waals surface area contributed by atoms with Crippen LogP contribution < -0.4 is 5.32 Å². The zero-order valence-corrected chi connectivity index (χ0v) is 20.7. The van der Waals surface area contributed by atoms with E-state index in [-0.39, 0.29) is 23.3 Å². The van der Waals surface area contributed by atoms with Crippen molar-refractivity contribution in [3.8, 4) is 0 Å². The molecule has 1 fully saturated rings. The molecule has 0 bridgehead atoms. The number of likely N-dealkylation sites (N-methyl/N-ethyl adjacent to an activating group) is 1. The van der Waals surface area contributed by atoms with Crippen molar-refractivity contribution in [2.75, 3.05) is 39.3 Å². The molecule has 0 aromatic heterocycles. The van der Waals surface area contributed by atoms with E-state index in [1.165, 1.54) is 11.6 Å². The van der Waals surface area contributed by atoms with Crippen molar-refractivity contribution in [3.63, 3.8) is 0 Å². The summed E-state index contributed by atoms with van der Waals surface area (Å²) in [5, 5.41) is 3.31. The second-order valence-electron chi connectivity index (χ2n) is 8.55. The number of rotatable bonds is 11. The molecule has 0 radical (unpaired) electrons. The largest absolute Gasteiger partial charge is 0.308 e. The van der Waals surface area contributed by atoms with E-state index in [1.54, 1.807) is 22.5 Å². The smallest absolute Gasteiger partial charge is 0.243 e. The Kier molecular flexibility index (Phi) is 9.62. The van der Waals surface area contributed by atoms with Gasteiger partial charge < -0.3 is 5.32 Å². The molecule has 2 aromatic carbocycles. The van der Waals surface area contributed by atoms with Crippen LogP contribution in [0.3, 0.4) is 0 Å². The summed E-state index contributed by atoms with van der Waals surface area (Å²) in [6, 6.07) is 17.0. The number of nitrogens with one attached hydrogen (secondary N) is 1. The molecule has 1 N–H and O–H groups in total. The first-order valence-electron chi connectivity index (χ1n) is 12.1. The van der Waals surface area contributed by atoms with Crippen LogP contribution in [0.4, 0.5) is 0 Å². The maximum absolute atomic E-state index is 13.1. The maximum Gasteiger partial charge on any atom is 0.243 e. The summed E-state index contributed by atoms with van der Waals surface area (Å²) in [7, 11) is -3.58. The molecule has 3 rings (SSSR count). The number of Topliss-reactive ketones (excluding diaryl/α,β-unsaturated/α-hetero) is 1. The van der Waals surface area contributed by atoms with Gasteiger partial charge in [-0.05, 0) is 43.6 Å². The molecule has 0 saturated carbocycles. The molecule has 0 aliphatic carbocycles. The Balaban J connectivity index is 1.66. The molecule has 0 spiro atoms. The topological polar surface area (TPSA) is 69.7 Å². The molecule has 1 atom stereocenters. The SMILES string of the molecule is CCN(CC)C(CNCC(=O)c1cccc(S(=O)(=O)N2CCCCCC2)c1)c1ccccc1. The predicted molar refractivity (Wildman–Crippen MR) is 133 cm³/mol. The molecular formula is C26H37N3O3S. The average molecular weight is 472 g/mol. The Morgan fingerprint density at radius 3 is 2.27 bits per heavy atom. The number of nitrogens with zero attached hydrogens (tertiary/aromatic N) is 2. The number of carbonyl (C=O) groups excluding carboxylic acids is 1. The van der Waals surface area contributed by atoms with Crippen LogP contribution in [0, 0.1) is 0 Å². The molecule has 1 unspecified atom stereocenters. The first-order chi connectivity index (χ1) is 16.0. The quantitative estimate of drug-likeness (QED) is 0.500. The number of ketones is 1. The summed E-state index contributed by atoms with van der Waals surface area (Å²) in [5.41, 5.74) is 1.64. The number of hydrogen-bond donors (Lipinski definition) is 1. The standard InChI is InChI=1S/C26H37N3O3S/c1-3-28(4-2)25(22-13-8-7-9-14-22)20-27-21-26(30)23-15-12-16-24(19-23)33(31,32)29-17-10-5-6-11-18-29/h7-9,12-16,19,25,27H,3-6,10-11,17-18,20-21H2,1-2H3. The third kappa shape index (κ3) is 6.73. The van der Waals surface area contributed by atoms with Crippen LogP contribution >= 0.6 is 0 Å². The monoisotopic (exact) mass is 471 g/mol. The maximum atomic E-state index is 13.1. The summed E-state index contributed by atoms with van der Waals surface area (Å²) >= 11 is 0. The van der Waals surface area contributed by atoms with Crippen molar-refractivity contribution in [2.24, 2.45) is 0 Å². The molecule has 1 heterocycles. The fraction of sp³-hybridized carbons (Fsp3) is 0.500. The van der Waals surface area contributed by atoms with Gasteiger partial charge in [-0.15, -0.1) is 0 Å². The molecule has 33 heavy (non-hydrogen) atoms. The predicted octanol–water partition coefficient (Wildman–Crippen LogP) is 4.11. The third-order valence-electron chi connectivity index (χ3n) is 6.42. The first-order valence-corrected chi connectivity index (χ1v) is 13.5. The van der Waals surface area contributed by atoms with Crippen LogP contribution in [-0.4, -0.2) is 62.7 Å². The van der Waals surface area contributed by atoms with Crippen molar-refractivity contribution >= 4 is 15.8 Å². The van der Waals surface area contributed by atoms with Gasteiger partial charge >= 0.3 is 0 Å². The minimum atomic E-state index is -3.58. The lowest BCUT2D eigenvalue weighted by Gasteiger charge is -2.30. The van der Waals surface area contributed by atoms with Gasteiger partial charge in [0.2, 0.25) is 10.0 Å². The van der Waals surface area contributed by atoms with E-state index in [2.05, 4.69) is 36.2 Å². The van der Waals surface area contributed by atoms with Crippen LogP contribution in [0.2, 0.25) is 0 Å². The Hall–Kier alpha value is -2.06. The summed E-state index contributed by atoms with van der Waals surface area (Å²) in [6.07, 6.45) is 3.90. The highest BCUT2D eigenvalue weighted by molar-refractivity contribution is 7.89. The van der Waals surface area contributed by atoms with E-state index >= 15 is 0 Å². The van der Waals surface area contributed by atoms with Gasteiger partial charge in [0.15, 0.2) is 5.78 Å². The van der Waals surface area contributed by atoms with Gasteiger partial charge in [0.1, 0.15) is 0 Å². The number of hydrogen-bond acceptors (Lipinski definition) is 5. The minimum Gasteiger partial charge on any atom is -0.308 e. The van der Waals surface area contributed by atoms with E-state index in [1.807, 2.05) is 18.2 Å². The van der Waals surface area contributed by atoms with E-state index in [0.29, 0.717) is 25.2 Å². The fourth-order valence-corrected chi connectivity index (χ4v) is 6.05. The highest BCUT2D eigenvalue weighted by Crippen LogP contribution is 2.22. The van der Waals surface area contributed by atoms with Crippen molar-refractivity contribution in [3.05, 3.63) is 65.7 Å². The van der Waals surface area contributed by atoms with Crippen LogP contribution in [-0.2, 0) is 10.0 Å². The molecule has 180 valence electrons. The molecule has 1 aliphatic rings. The van der Waals surface area contributed by atoms with Crippen LogP contribution in [0.1, 0.15) is 61.5 Å². The van der Waals surface area contributed by atoms with Gasteiger partial charge in [-0.1, -0.05) is 69.2 Å². The van der Waals surface area contributed by atoms with Gasteiger partial charge in [-0.3, -0.25) is 9.69 Å². The highest BCUT2D eigenvalue weighted by atomic mass is 32.2. The summed E-state index contributed by atoms with van der Waals surface area (Å²) in [4.78, 5) is 15.5. The van der Waals surface area contributed by atoms with Gasteiger partial charge in [0, 0.05) is 31.2 Å². The number of sulfonamides is 1. The van der Waals surface area contributed by atoms with E-state index < -0.39 is 10.0 Å². The summed E-state index contributed by atoms with van der Waals surface area (Å²) in [5.74, 6) is -0.103. The molecule has 7 heteroatoms. The Morgan fingerprint density at radius 1 is 0.970 bits per heavy atom. The number of benzene rings is 2. The third-order valence-corrected chi connectivity index (χ3v) is 8.31. The zero-order chi connectivity index (χ0) is 23.7. The van der Waals surface area contributed by atoms with Crippen molar-refractivity contribution in [1.29, 1.82) is 0 Å². The Bertz CT molecular complexity index is 983. The summed E-state index contributed by atoms with van der Waals surface area (Å²) < 4.78 is 27.8. The lowest BCUT2D eigenvalue weighted by Crippen LogP contribution is -2.37. The van der Waals surface area contributed by atoms with Gasteiger partial charge in [-0.2, -0.15) is 4.31 Å². The first kappa shape index (κ1) is 25.6. The van der Waals surface area contributed by atoms with Gasteiger partial charge in [0.25, 0.3) is 0 Å².